The lowest BCUT2D eigenvalue weighted by atomic mass is 10.1. The summed E-state index contributed by atoms with van der Waals surface area (Å²) in [5.74, 6) is 0. The predicted octanol–water partition coefficient (Wildman–Crippen LogP) is 3.37. The molecular formula is C15H17NOS. The highest BCUT2D eigenvalue weighted by Crippen LogP contribution is 2.14. The van der Waals surface area contributed by atoms with Gasteiger partial charge in [0.2, 0.25) is 0 Å². The van der Waals surface area contributed by atoms with Crippen LogP contribution in [-0.4, -0.2) is 4.21 Å². The van der Waals surface area contributed by atoms with Crippen molar-refractivity contribution in [2.24, 2.45) is 0 Å². The third kappa shape index (κ3) is 3.28. The molecule has 94 valence electrons. The molecule has 0 fully saturated rings. The molecule has 3 heteroatoms. The molecule has 2 nitrogen and oxygen atoms in total. The molecule has 2 rings (SSSR count). The first-order valence-corrected chi connectivity index (χ1v) is 7.11. The van der Waals surface area contributed by atoms with Crippen LogP contribution in [0.1, 0.15) is 24.1 Å². The van der Waals surface area contributed by atoms with Crippen molar-refractivity contribution < 1.29 is 4.21 Å². The zero-order valence-corrected chi connectivity index (χ0v) is 11.4. The minimum Gasteiger partial charge on any atom is -0.237 e. The second kappa shape index (κ2) is 5.94. The maximum atomic E-state index is 12.1. The SMILES string of the molecule is Cc1ccc([S@](=O)N[C@H](C)c2ccccc2)cc1. The summed E-state index contributed by atoms with van der Waals surface area (Å²) in [5, 5.41) is 0. The Morgan fingerprint density at radius 1 is 1.00 bits per heavy atom. The maximum Gasteiger partial charge on any atom is 0.125 e. The number of rotatable bonds is 4. The fourth-order valence-corrected chi connectivity index (χ4v) is 2.68. The summed E-state index contributed by atoms with van der Waals surface area (Å²) in [7, 11) is -1.17. The highest BCUT2D eigenvalue weighted by molar-refractivity contribution is 7.83. The molecule has 0 saturated heterocycles. The van der Waals surface area contributed by atoms with Gasteiger partial charge < -0.3 is 0 Å². The molecule has 0 saturated carbocycles. The van der Waals surface area contributed by atoms with Gasteiger partial charge in [-0.3, -0.25) is 0 Å². The first kappa shape index (κ1) is 13.0. The van der Waals surface area contributed by atoms with Gasteiger partial charge >= 0.3 is 0 Å². The number of benzene rings is 2. The second-order valence-corrected chi connectivity index (χ2v) is 5.58. The van der Waals surface area contributed by atoms with Gasteiger partial charge in [-0.2, -0.15) is 0 Å². The van der Waals surface area contributed by atoms with E-state index < -0.39 is 11.0 Å². The molecule has 18 heavy (non-hydrogen) atoms. The summed E-state index contributed by atoms with van der Waals surface area (Å²) in [6, 6.07) is 17.8. The van der Waals surface area contributed by atoms with Crippen LogP contribution >= 0.6 is 0 Å². The van der Waals surface area contributed by atoms with Crippen molar-refractivity contribution in [1.82, 2.24) is 4.72 Å². The van der Waals surface area contributed by atoms with E-state index in [1.54, 1.807) is 0 Å². The highest BCUT2D eigenvalue weighted by atomic mass is 32.2. The van der Waals surface area contributed by atoms with E-state index in [1.165, 1.54) is 5.56 Å². The monoisotopic (exact) mass is 259 g/mol. The highest BCUT2D eigenvalue weighted by Gasteiger charge is 2.09. The summed E-state index contributed by atoms with van der Waals surface area (Å²) in [5.41, 5.74) is 2.31. The Morgan fingerprint density at radius 2 is 1.61 bits per heavy atom. The first-order valence-electron chi connectivity index (χ1n) is 5.96. The van der Waals surface area contributed by atoms with Crippen LogP contribution in [0, 0.1) is 6.92 Å². The average Bonchev–Trinajstić information content (AvgIpc) is 2.40. The van der Waals surface area contributed by atoms with E-state index in [-0.39, 0.29) is 6.04 Å². The number of aryl methyl sites for hydroxylation is 1. The van der Waals surface area contributed by atoms with Gasteiger partial charge in [0.05, 0.1) is 4.90 Å². The third-order valence-corrected chi connectivity index (χ3v) is 4.09. The maximum absolute atomic E-state index is 12.1. The van der Waals surface area contributed by atoms with Crippen LogP contribution in [0.15, 0.2) is 59.5 Å². The molecule has 2 aromatic rings. The topological polar surface area (TPSA) is 29.1 Å². The standard InChI is InChI=1S/C15H17NOS/c1-12-8-10-15(11-9-12)18(17)16-13(2)14-6-4-3-5-7-14/h3-11,13,16H,1-2H3/t13-,18+/m1/s1. The fraction of sp³-hybridized carbons (Fsp3) is 0.200. The molecule has 0 aromatic heterocycles. The zero-order chi connectivity index (χ0) is 13.0. The average molecular weight is 259 g/mol. The number of hydrogen-bond acceptors (Lipinski definition) is 1. The molecule has 2 aromatic carbocycles. The Morgan fingerprint density at radius 3 is 2.22 bits per heavy atom. The molecule has 1 N–H and O–H groups in total. The van der Waals surface area contributed by atoms with Crippen LogP contribution in [0.5, 0.6) is 0 Å². The van der Waals surface area contributed by atoms with Gasteiger partial charge in [-0.05, 0) is 31.5 Å². The van der Waals surface area contributed by atoms with E-state index >= 15 is 0 Å². The molecule has 2 atom stereocenters. The van der Waals surface area contributed by atoms with Gasteiger partial charge in [-0.1, -0.05) is 48.0 Å². The lowest BCUT2D eigenvalue weighted by Crippen LogP contribution is -2.21. The quantitative estimate of drug-likeness (QED) is 0.896. The van der Waals surface area contributed by atoms with Crippen molar-refractivity contribution >= 4 is 11.0 Å². The van der Waals surface area contributed by atoms with Crippen molar-refractivity contribution in [3.8, 4) is 0 Å². The van der Waals surface area contributed by atoms with Crippen LogP contribution < -0.4 is 4.72 Å². The van der Waals surface area contributed by atoms with Crippen LogP contribution in [-0.2, 0) is 11.0 Å². The number of hydrogen-bond donors (Lipinski definition) is 1. The molecule has 0 radical (unpaired) electrons. The lowest BCUT2D eigenvalue weighted by Gasteiger charge is -2.13. The van der Waals surface area contributed by atoms with Crippen LogP contribution in [0.3, 0.4) is 0 Å². The Hall–Kier alpha value is -1.45. The van der Waals surface area contributed by atoms with Crippen molar-refractivity contribution in [2.75, 3.05) is 0 Å². The normalized spacial score (nSPS) is 14.1. The molecule has 0 aliphatic heterocycles. The Balaban J connectivity index is 2.06. The molecule has 0 amide bonds. The molecule has 0 bridgehead atoms. The summed E-state index contributed by atoms with van der Waals surface area (Å²) < 4.78 is 15.2. The summed E-state index contributed by atoms with van der Waals surface area (Å²) in [6.07, 6.45) is 0. The van der Waals surface area contributed by atoms with E-state index in [9.17, 15) is 4.21 Å². The molecule has 0 unspecified atom stereocenters. The van der Waals surface area contributed by atoms with E-state index in [0.29, 0.717) is 0 Å². The Kier molecular flexibility index (Phi) is 4.28. The summed E-state index contributed by atoms with van der Waals surface area (Å²) in [6.45, 7) is 4.04. The molecule has 0 aliphatic rings. The fourth-order valence-electron chi connectivity index (χ4n) is 1.70. The van der Waals surface area contributed by atoms with Crippen molar-refractivity contribution in [2.45, 2.75) is 24.8 Å². The van der Waals surface area contributed by atoms with E-state index in [2.05, 4.69) is 4.72 Å². The summed E-state index contributed by atoms with van der Waals surface area (Å²) in [4.78, 5) is 0.809. The van der Waals surface area contributed by atoms with Gasteiger partial charge in [0.1, 0.15) is 11.0 Å². The van der Waals surface area contributed by atoms with Gasteiger partial charge in [-0.15, -0.1) is 0 Å². The van der Waals surface area contributed by atoms with Gasteiger partial charge in [0, 0.05) is 6.04 Å². The lowest BCUT2D eigenvalue weighted by molar-refractivity contribution is 0.651. The van der Waals surface area contributed by atoms with Crippen LogP contribution in [0.2, 0.25) is 0 Å². The largest absolute Gasteiger partial charge is 0.237 e. The van der Waals surface area contributed by atoms with Gasteiger partial charge in [0.25, 0.3) is 0 Å². The van der Waals surface area contributed by atoms with Gasteiger partial charge in [0.15, 0.2) is 0 Å². The van der Waals surface area contributed by atoms with Crippen LogP contribution in [0.4, 0.5) is 0 Å². The summed E-state index contributed by atoms with van der Waals surface area (Å²) >= 11 is 0. The number of nitrogens with one attached hydrogen (secondary N) is 1. The van der Waals surface area contributed by atoms with Crippen molar-refractivity contribution in [3.63, 3.8) is 0 Å². The Bertz CT molecular complexity index is 522. The zero-order valence-electron chi connectivity index (χ0n) is 10.6. The molecule has 0 aliphatic carbocycles. The first-order chi connectivity index (χ1) is 8.66. The van der Waals surface area contributed by atoms with E-state index in [1.807, 2.05) is 68.4 Å². The molecule has 0 spiro atoms. The second-order valence-electron chi connectivity index (χ2n) is 4.33. The minimum absolute atomic E-state index is 0.0633. The smallest absolute Gasteiger partial charge is 0.125 e. The van der Waals surface area contributed by atoms with E-state index in [0.717, 1.165) is 10.5 Å². The van der Waals surface area contributed by atoms with Crippen molar-refractivity contribution in [1.29, 1.82) is 0 Å². The third-order valence-electron chi connectivity index (χ3n) is 2.82. The van der Waals surface area contributed by atoms with Gasteiger partial charge in [-0.25, -0.2) is 8.93 Å². The van der Waals surface area contributed by atoms with Crippen LogP contribution in [0.25, 0.3) is 0 Å². The van der Waals surface area contributed by atoms with Crippen molar-refractivity contribution in [3.05, 3.63) is 65.7 Å². The molecular weight excluding hydrogens is 242 g/mol. The predicted molar refractivity (Wildman–Crippen MR) is 75.6 cm³/mol. The Labute approximate surface area is 111 Å². The molecule has 0 heterocycles. The minimum atomic E-state index is -1.17. The van der Waals surface area contributed by atoms with E-state index in [4.69, 9.17) is 0 Å².